The van der Waals surface area contributed by atoms with E-state index in [1.165, 1.54) is 38.8 Å². The molecule has 2 saturated heterocycles. The van der Waals surface area contributed by atoms with Crippen LogP contribution in [0.15, 0.2) is 0 Å². The van der Waals surface area contributed by atoms with Gasteiger partial charge in [-0.3, -0.25) is 0 Å². The van der Waals surface area contributed by atoms with Gasteiger partial charge < -0.3 is 15.4 Å². The van der Waals surface area contributed by atoms with Crippen molar-refractivity contribution in [3.8, 4) is 0 Å². The first kappa shape index (κ1) is 11.4. The second-order valence-electron chi connectivity index (χ2n) is 5.46. The average Bonchev–Trinajstić information content (AvgIpc) is 2.16. The first-order valence-electron chi connectivity index (χ1n) is 6.25. The van der Waals surface area contributed by atoms with Crippen molar-refractivity contribution in [2.75, 3.05) is 32.8 Å². The van der Waals surface area contributed by atoms with E-state index in [9.17, 15) is 0 Å². The maximum Gasteiger partial charge on any atom is 0.0542 e. The van der Waals surface area contributed by atoms with E-state index in [0.29, 0.717) is 5.41 Å². The van der Waals surface area contributed by atoms with Gasteiger partial charge in [0, 0.05) is 11.5 Å². The Morgan fingerprint density at radius 2 is 2.27 bits per heavy atom. The summed E-state index contributed by atoms with van der Waals surface area (Å²) < 4.78 is 5.27. The van der Waals surface area contributed by atoms with Gasteiger partial charge in [-0.05, 0) is 45.3 Å². The summed E-state index contributed by atoms with van der Waals surface area (Å²) in [6.45, 7) is 7.67. The van der Waals surface area contributed by atoms with E-state index in [4.69, 9.17) is 10.5 Å². The second kappa shape index (κ2) is 4.81. The topological polar surface area (TPSA) is 38.5 Å². The fourth-order valence-electron chi connectivity index (χ4n) is 2.61. The molecular weight excluding hydrogens is 188 g/mol. The molecule has 1 unspecified atom stereocenters. The van der Waals surface area contributed by atoms with Gasteiger partial charge in [-0.25, -0.2) is 0 Å². The van der Waals surface area contributed by atoms with Gasteiger partial charge in [-0.2, -0.15) is 0 Å². The number of hydrogen-bond donors (Lipinski definition) is 1. The summed E-state index contributed by atoms with van der Waals surface area (Å²) in [7, 11) is 0. The first-order chi connectivity index (χ1) is 7.23. The van der Waals surface area contributed by atoms with E-state index in [1.54, 1.807) is 0 Å². The van der Waals surface area contributed by atoms with Gasteiger partial charge in [0.1, 0.15) is 0 Å². The number of ether oxygens (including phenoxy) is 1. The summed E-state index contributed by atoms with van der Waals surface area (Å²) in [6.07, 6.45) is 5.18. The van der Waals surface area contributed by atoms with Gasteiger partial charge in [0.2, 0.25) is 0 Å². The molecular formula is C12H24N2O. The molecule has 2 N–H and O–H groups in total. The van der Waals surface area contributed by atoms with E-state index in [-0.39, 0.29) is 0 Å². The third-order valence-electron chi connectivity index (χ3n) is 3.89. The smallest absolute Gasteiger partial charge is 0.0542 e. The normalized spacial score (nSPS) is 29.6. The summed E-state index contributed by atoms with van der Waals surface area (Å²) in [4.78, 5) is 2.59. The van der Waals surface area contributed by atoms with Crippen LogP contribution >= 0.6 is 0 Å². The Balaban J connectivity index is 1.57. The molecule has 2 fully saturated rings. The van der Waals surface area contributed by atoms with E-state index >= 15 is 0 Å². The fraction of sp³-hybridized carbons (Fsp3) is 1.00. The predicted molar refractivity (Wildman–Crippen MR) is 61.8 cm³/mol. The van der Waals surface area contributed by atoms with E-state index in [0.717, 1.165) is 25.8 Å². The van der Waals surface area contributed by atoms with Crippen LogP contribution in [0.4, 0.5) is 0 Å². The molecule has 1 atom stereocenters. The molecule has 3 heteroatoms. The molecule has 2 heterocycles. The summed E-state index contributed by atoms with van der Waals surface area (Å²) in [5, 5.41) is 0. The van der Waals surface area contributed by atoms with Crippen LogP contribution in [-0.2, 0) is 4.74 Å². The summed E-state index contributed by atoms with van der Waals surface area (Å²) in [5.41, 5.74) is 6.08. The van der Waals surface area contributed by atoms with Gasteiger partial charge in [0.15, 0.2) is 0 Å². The Bertz CT molecular complexity index is 204. The van der Waals surface area contributed by atoms with Crippen LogP contribution in [0.1, 0.15) is 32.6 Å². The molecule has 0 spiro atoms. The Kier molecular flexibility index (Phi) is 3.65. The predicted octanol–water partition coefficient (Wildman–Crippen LogP) is 1.23. The summed E-state index contributed by atoms with van der Waals surface area (Å²) in [6, 6.07) is 0.792. The molecule has 0 aromatic carbocycles. The van der Waals surface area contributed by atoms with Crippen molar-refractivity contribution in [1.29, 1.82) is 0 Å². The lowest BCUT2D eigenvalue weighted by Crippen LogP contribution is -2.49. The SMILES string of the molecule is CC1(CCCN2CCC2CCN)COC1. The molecule has 0 radical (unpaired) electrons. The zero-order valence-corrected chi connectivity index (χ0v) is 9.87. The molecule has 2 aliphatic rings. The molecule has 0 bridgehead atoms. The highest BCUT2D eigenvalue weighted by atomic mass is 16.5. The molecule has 15 heavy (non-hydrogen) atoms. The molecule has 3 nitrogen and oxygen atoms in total. The molecule has 88 valence electrons. The van der Waals surface area contributed by atoms with Crippen molar-refractivity contribution in [1.82, 2.24) is 4.90 Å². The minimum atomic E-state index is 0.494. The molecule has 0 amide bonds. The van der Waals surface area contributed by atoms with E-state index in [1.807, 2.05) is 0 Å². The Labute approximate surface area is 93.0 Å². The number of nitrogens with zero attached hydrogens (tertiary/aromatic N) is 1. The van der Waals surface area contributed by atoms with Crippen molar-refractivity contribution in [3.05, 3.63) is 0 Å². The standard InChI is InChI=1S/C12H24N2O/c1-12(9-15-10-12)5-2-7-14-8-4-11(14)3-6-13/h11H,2-10,13H2,1H3. The monoisotopic (exact) mass is 212 g/mol. The van der Waals surface area contributed by atoms with Gasteiger partial charge in [0.25, 0.3) is 0 Å². The lowest BCUT2D eigenvalue weighted by atomic mass is 9.83. The maximum absolute atomic E-state index is 5.59. The molecule has 0 aliphatic carbocycles. The molecule has 2 aliphatic heterocycles. The second-order valence-corrected chi connectivity index (χ2v) is 5.46. The Hall–Kier alpha value is -0.120. The Morgan fingerprint density at radius 1 is 1.47 bits per heavy atom. The van der Waals surface area contributed by atoms with Crippen molar-refractivity contribution < 1.29 is 4.74 Å². The van der Waals surface area contributed by atoms with Crippen molar-refractivity contribution in [2.24, 2.45) is 11.1 Å². The molecule has 0 aromatic rings. The minimum absolute atomic E-state index is 0.494. The average molecular weight is 212 g/mol. The zero-order valence-electron chi connectivity index (χ0n) is 9.87. The maximum atomic E-state index is 5.59. The van der Waals surface area contributed by atoms with Crippen LogP contribution in [-0.4, -0.2) is 43.8 Å². The molecule has 0 saturated carbocycles. The fourth-order valence-corrected chi connectivity index (χ4v) is 2.61. The lowest BCUT2D eigenvalue weighted by Gasteiger charge is -2.43. The molecule has 0 aromatic heterocycles. The van der Waals surface area contributed by atoms with Crippen molar-refractivity contribution in [3.63, 3.8) is 0 Å². The number of likely N-dealkylation sites (tertiary alicyclic amines) is 1. The first-order valence-corrected chi connectivity index (χ1v) is 6.25. The zero-order chi connectivity index (χ0) is 10.7. The van der Waals surface area contributed by atoms with Crippen LogP contribution in [0.25, 0.3) is 0 Å². The van der Waals surface area contributed by atoms with E-state index < -0.39 is 0 Å². The lowest BCUT2D eigenvalue weighted by molar-refractivity contribution is -0.108. The van der Waals surface area contributed by atoms with Gasteiger partial charge >= 0.3 is 0 Å². The number of rotatable bonds is 6. The van der Waals surface area contributed by atoms with Crippen LogP contribution in [0.5, 0.6) is 0 Å². The highest BCUT2D eigenvalue weighted by Crippen LogP contribution is 2.32. The Morgan fingerprint density at radius 3 is 2.73 bits per heavy atom. The third-order valence-corrected chi connectivity index (χ3v) is 3.89. The molecule has 2 rings (SSSR count). The van der Waals surface area contributed by atoms with Gasteiger partial charge in [-0.15, -0.1) is 0 Å². The largest absolute Gasteiger partial charge is 0.380 e. The van der Waals surface area contributed by atoms with Crippen LogP contribution in [0.2, 0.25) is 0 Å². The van der Waals surface area contributed by atoms with E-state index in [2.05, 4.69) is 11.8 Å². The van der Waals surface area contributed by atoms with Crippen molar-refractivity contribution in [2.45, 2.75) is 38.6 Å². The quantitative estimate of drug-likeness (QED) is 0.719. The highest BCUT2D eigenvalue weighted by Gasteiger charge is 2.33. The minimum Gasteiger partial charge on any atom is -0.380 e. The third kappa shape index (κ3) is 2.71. The number of hydrogen-bond acceptors (Lipinski definition) is 3. The summed E-state index contributed by atoms with van der Waals surface area (Å²) >= 11 is 0. The van der Waals surface area contributed by atoms with Gasteiger partial charge in [0.05, 0.1) is 13.2 Å². The van der Waals surface area contributed by atoms with Crippen LogP contribution in [0, 0.1) is 5.41 Å². The van der Waals surface area contributed by atoms with Crippen LogP contribution in [0.3, 0.4) is 0 Å². The summed E-state index contributed by atoms with van der Waals surface area (Å²) in [5.74, 6) is 0. The highest BCUT2D eigenvalue weighted by molar-refractivity contribution is 4.85. The van der Waals surface area contributed by atoms with Gasteiger partial charge in [-0.1, -0.05) is 6.92 Å². The van der Waals surface area contributed by atoms with Crippen LogP contribution < -0.4 is 5.73 Å². The number of nitrogens with two attached hydrogens (primary N) is 1. The van der Waals surface area contributed by atoms with Crippen molar-refractivity contribution >= 4 is 0 Å².